The number of carbonyl (C=O) groups is 2. The predicted molar refractivity (Wildman–Crippen MR) is 61.1 cm³/mol. The number of aromatic nitrogens is 1. The second-order valence-corrected chi connectivity index (χ2v) is 3.94. The molecule has 0 aromatic carbocycles. The summed E-state index contributed by atoms with van der Waals surface area (Å²) in [7, 11) is 0. The first-order valence-electron chi connectivity index (χ1n) is 4.71. The zero-order valence-corrected chi connectivity index (χ0v) is 10.0. The number of rotatable bonds is 5. The molecule has 1 aromatic rings. The molecule has 0 bridgehead atoms. The largest absolute Gasteiger partial charge is 0.481 e. The Labute approximate surface area is 101 Å². The summed E-state index contributed by atoms with van der Waals surface area (Å²) in [4.78, 5) is 25.6. The Morgan fingerprint density at radius 2 is 2.19 bits per heavy atom. The number of nitrogens with zero attached hydrogens (tertiary/aromatic N) is 1. The van der Waals surface area contributed by atoms with Gasteiger partial charge in [-0.2, -0.15) is 0 Å². The van der Waals surface area contributed by atoms with Crippen molar-refractivity contribution >= 4 is 27.8 Å². The van der Waals surface area contributed by atoms with Crippen LogP contribution in [-0.2, 0) is 4.79 Å². The summed E-state index contributed by atoms with van der Waals surface area (Å²) in [5.41, 5.74) is 0.457. The topological polar surface area (TPSA) is 79.3 Å². The molecule has 0 aliphatic rings. The number of hydrogen-bond donors (Lipinski definition) is 2. The van der Waals surface area contributed by atoms with Gasteiger partial charge >= 0.3 is 5.97 Å². The van der Waals surface area contributed by atoms with Crippen LogP contribution in [0.1, 0.15) is 23.2 Å². The Balaban J connectivity index is 2.35. The van der Waals surface area contributed by atoms with Crippen LogP contribution >= 0.6 is 15.9 Å². The monoisotopic (exact) mass is 286 g/mol. The van der Waals surface area contributed by atoms with Crippen LogP contribution in [0.25, 0.3) is 0 Å². The van der Waals surface area contributed by atoms with Crippen molar-refractivity contribution in [2.75, 3.05) is 6.54 Å². The fraction of sp³-hybridized carbons (Fsp3) is 0.300. The van der Waals surface area contributed by atoms with Crippen molar-refractivity contribution < 1.29 is 14.7 Å². The molecule has 0 spiro atoms. The third kappa shape index (κ3) is 4.39. The lowest BCUT2D eigenvalue weighted by Crippen LogP contribution is -2.24. The van der Waals surface area contributed by atoms with E-state index in [2.05, 4.69) is 26.2 Å². The van der Waals surface area contributed by atoms with Crippen LogP contribution in [0.15, 0.2) is 22.9 Å². The standard InChI is InChI=1S/C10H11BrN2O3/c11-8-4-3-7(6-13-8)10(16)12-5-1-2-9(14)15/h3-4,6H,1-2,5H2,(H,12,16)(H,14,15). The molecule has 0 unspecified atom stereocenters. The number of aliphatic carboxylic acids is 1. The molecule has 0 atom stereocenters. The summed E-state index contributed by atoms with van der Waals surface area (Å²) in [6, 6.07) is 3.32. The highest BCUT2D eigenvalue weighted by Crippen LogP contribution is 2.06. The number of pyridine rings is 1. The first-order valence-corrected chi connectivity index (χ1v) is 5.50. The molecule has 2 N–H and O–H groups in total. The number of amides is 1. The number of nitrogens with one attached hydrogen (secondary N) is 1. The lowest BCUT2D eigenvalue weighted by Gasteiger charge is -2.03. The Morgan fingerprint density at radius 3 is 2.75 bits per heavy atom. The molecule has 0 saturated heterocycles. The fourth-order valence-corrected chi connectivity index (χ4v) is 1.29. The van der Waals surface area contributed by atoms with Crippen molar-refractivity contribution in [2.24, 2.45) is 0 Å². The maximum atomic E-state index is 11.5. The van der Waals surface area contributed by atoms with E-state index < -0.39 is 5.97 Å². The molecule has 1 rings (SSSR count). The zero-order chi connectivity index (χ0) is 12.0. The van der Waals surface area contributed by atoms with Crippen molar-refractivity contribution in [3.63, 3.8) is 0 Å². The van der Waals surface area contributed by atoms with Gasteiger partial charge in [0.15, 0.2) is 0 Å². The van der Waals surface area contributed by atoms with Gasteiger partial charge < -0.3 is 10.4 Å². The van der Waals surface area contributed by atoms with Crippen molar-refractivity contribution in [3.8, 4) is 0 Å². The van der Waals surface area contributed by atoms with Gasteiger partial charge in [-0.25, -0.2) is 4.98 Å². The van der Waals surface area contributed by atoms with Crippen LogP contribution in [0.4, 0.5) is 0 Å². The van der Waals surface area contributed by atoms with Crippen LogP contribution < -0.4 is 5.32 Å². The lowest BCUT2D eigenvalue weighted by molar-refractivity contribution is -0.137. The summed E-state index contributed by atoms with van der Waals surface area (Å²) in [5.74, 6) is -1.11. The minimum Gasteiger partial charge on any atom is -0.481 e. The van der Waals surface area contributed by atoms with Crippen molar-refractivity contribution in [2.45, 2.75) is 12.8 Å². The highest BCUT2D eigenvalue weighted by Gasteiger charge is 2.05. The van der Waals surface area contributed by atoms with Gasteiger partial charge in [0.05, 0.1) is 5.56 Å². The van der Waals surface area contributed by atoms with E-state index in [0.717, 1.165) is 0 Å². The molecule has 0 radical (unpaired) electrons. The van der Waals surface area contributed by atoms with Crippen LogP contribution in [0.2, 0.25) is 0 Å². The average molecular weight is 287 g/mol. The van der Waals surface area contributed by atoms with Gasteiger partial charge in [0.25, 0.3) is 5.91 Å². The minimum atomic E-state index is -0.862. The number of carbonyl (C=O) groups excluding carboxylic acids is 1. The van der Waals surface area contributed by atoms with Gasteiger partial charge in [-0.15, -0.1) is 0 Å². The summed E-state index contributed by atoms with van der Waals surface area (Å²) >= 11 is 3.17. The highest BCUT2D eigenvalue weighted by atomic mass is 79.9. The van der Waals surface area contributed by atoms with E-state index in [1.165, 1.54) is 6.20 Å². The highest BCUT2D eigenvalue weighted by molar-refractivity contribution is 9.10. The molecule has 1 heterocycles. The second-order valence-electron chi connectivity index (χ2n) is 3.12. The molecule has 0 fully saturated rings. The molecule has 16 heavy (non-hydrogen) atoms. The summed E-state index contributed by atoms with van der Waals surface area (Å²) in [6.45, 7) is 0.348. The van der Waals surface area contributed by atoms with E-state index in [4.69, 9.17) is 5.11 Å². The summed E-state index contributed by atoms with van der Waals surface area (Å²) in [5, 5.41) is 11.0. The van der Waals surface area contributed by atoms with Crippen molar-refractivity contribution in [1.29, 1.82) is 0 Å². The quantitative estimate of drug-likeness (QED) is 0.634. The van der Waals surface area contributed by atoms with Gasteiger partial charge in [0.2, 0.25) is 0 Å². The van der Waals surface area contributed by atoms with Gasteiger partial charge in [0.1, 0.15) is 4.60 Å². The summed E-state index contributed by atoms with van der Waals surface area (Å²) < 4.78 is 0.662. The molecule has 1 amide bonds. The number of halogens is 1. The summed E-state index contributed by atoms with van der Waals surface area (Å²) in [6.07, 6.45) is 1.93. The van der Waals surface area contributed by atoms with Gasteiger partial charge in [0, 0.05) is 19.2 Å². The van der Waals surface area contributed by atoms with Gasteiger partial charge in [-0.05, 0) is 34.5 Å². The Bertz CT molecular complexity index is 378. The smallest absolute Gasteiger partial charge is 0.303 e. The second kappa shape index (κ2) is 6.22. The van der Waals surface area contributed by atoms with Gasteiger partial charge in [-0.1, -0.05) is 0 Å². The molecular formula is C10H11BrN2O3. The average Bonchev–Trinajstić information content (AvgIpc) is 2.25. The SMILES string of the molecule is O=C(O)CCCNC(=O)c1ccc(Br)nc1. The molecule has 86 valence electrons. The zero-order valence-electron chi connectivity index (χ0n) is 8.44. The minimum absolute atomic E-state index is 0.0544. The third-order valence-electron chi connectivity index (χ3n) is 1.84. The van der Waals surface area contributed by atoms with Crippen molar-refractivity contribution in [3.05, 3.63) is 28.5 Å². The molecule has 1 aromatic heterocycles. The van der Waals surface area contributed by atoms with E-state index in [9.17, 15) is 9.59 Å². The fourth-order valence-electron chi connectivity index (χ4n) is 1.05. The molecule has 6 heteroatoms. The van der Waals surface area contributed by atoms with Gasteiger partial charge in [-0.3, -0.25) is 9.59 Å². The Morgan fingerprint density at radius 1 is 1.44 bits per heavy atom. The maximum absolute atomic E-state index is 11.5. The van der Waals surface area contributed by atoms with Crippen LogP contribution in [0.3, 0.4) is 0 Å². The molecule has 0 aliphatic carbocycles. The van der Waals surface area contributed by atoms with Crippen LogP contribution in [-0.4, -0.2) is 28.5 Å². The number of carboxylic acids is 1. The predicted octanol–water partition coefficient (Wildman–Crippen LogP) is 1.44. The van der Waals surface area contributed by atoms with Crippen LogP contribution in [0.5, 0.6) is 0 Å². The van der Waals surface area contributed by atoms with E-state index >= 15 is 0 Å². The molecular weight excluding hydrogens is 276 g/mol. The van der Waals surface area contributed by atoms with E-state index in [0.29, 0.717) is 23.1 Å². The molecule has 0 saturated carbocycles. The first-order chi connectivity index (χ1) is 7.59. The normalized spacial score (nSPS) is 9.81. The number of hydrogen-bond acceptors (Lipinski definition) is 3. The Kier molecular flexibility index (Phi) is 4.91. The third-order valence-corrected chi connectivity index (χ3v) is 2.31. The van der Waals surface area contributed by atoms with E-state index in [-0.39, 0.29) is 12.3 Å². The number of carboxylic acid groups (broad SMARTS) is 1. The molecule has 0 aliphatic heterocycles. The van der Waals surface area contributed by atoms with E-state index in [1.54, 1.807) is 12.1 Å². The first kappa shape index (κ1) is 12.6. The lowest BCUT2D eigenvalue weighted by atomic mass is 10.2. The molecule has 5 nitrogen and oxygen atoms in total. The van der Waals surface area contributed by atoms with Crippen LogP contribution in [0, 0.1) is 0 Å². The van der Waals surface area contributed by atoms with E-state index in [1.807, 2.05) is 0 Å². The van der Waals surface area contributed by atoms with Crippen molar-refractivity contribution in [1.82, 2.24) is 10.3 Å². The maximum Gasteiger partial charge on any atom is 0.303 e. The Hall–Kier alpha value is -1.43.